The highest BCUT2D eigenvalue weighted by Gasteiger charge is 2.30. The maximum Gasteiger partial charge on any atom is 0.256 e. The Hall–Kier alpha value is -2.12. The lowest BCUT2D eigenvalue weighted by Gasteiger charge is -2.38. The Morgan fingerprint density at radius 2 is 1.77 bits per heavy atom. The van der Waals surface area contributed by atoms with Crippen molar-refractivity contribution in [3.05, 3.63) is 29.8 Å². The summed E-state index contributed by atoms with van der Waals surface area (Å²) in [5.41, 5.74) is 6.34. The SMILES string of the molecule is CCN(c1ccccc1C(=O)N1CCN(CC(C)(C)O)CC1)[C@@H](CC(C)C)C(N)=O. The zero-order valence-corrected chi connectivity index (χ0v) is 19.1. The number of nitrogens with two attached hydrogens (primary N) is 1. The Balaban J connectivity index is 2.21. The second kappa shape index (κ2) is 10.3. The highest BCUT2D eigenvalue weighted by Crippen LogP contribution is 2.26. The van der Waals surface area contributed by atoms with Crippen molar-refractivity contribution in [2.75, 3.05) is 44.2 Å². The van der Waals surface area contributed by atoms with Gasteiger partial charge in [-0.1, -0.05) is 26.0 Å². The van der Waals surface area contributed by atoms with Crippen LogP contribution in [-0.2, 0) is 4.79 Å². The van der Waals surface area contributed by atoms with Gasteiger partial charge in [-0.05, 0) is 45.2 Å². The summed E-state index contributed by atoms with van der Waals surface area (Å²) in [4.78, 5) is 31.6. The van der Waals surface area contributed by atoms with Gasteiger partial charge in [0, 0.05) is 39.3 Å². The average Bonchev–Trinajstić information content (AvgIpc) is 2.66. The van der Waals surface area contributed by atoms with Crippen molar-refractivity contribution >= 4 is 17.5 Å². The van der Waals surface area contributed by atoms with Crippen molar-refractivity contribution in [3.63, 3.8) is 0 Å². The average molecular weight is 419 g/mol. The van der Waals surface area contributed by atoms with E-state index in [9.17, 15) is 14.7 Å². The first kappa shape index (κ1) is 24.2. The molecule has 1 aliphatic heterocycles. The zero-order valence-electron chi connectivity index (χ0n) is 19.1. The van der Waals surface area contributed by atoms with Crippen molar-refractivity contribution in [2.24, 2.45) is 11.7 Å². The van der Waals surface area contributed by atoms with Crippen LogP contribution in [0, 0.1) is 5.92 Å². The fraction of sp³-hybridized carbons (Fsp3) is 0.652. The number of aliphatic hydroxyl groups is 1. The first-order chi connectivity index (χ1) is 14.0. The molecule has 7 nitrogen and oxygen atoms in total. The number of piperazine rings is 1. The number of rotatable bonds is 9. The Morgan fingerprint density at radius 3 is 2.27 bits per heavy atom. The molecule has 1 aliphatic rings. The molecule has 0 radical (unpaired) electrons. The van der Waals surface area contributed by atoms with Crippen LogP contribution in [0.25, 0.3) is 0 Å². The van der Waals surface area contributed by atoms with Gasteiger partial charge in [-0.3, -0.25) is 14.5 Å². The molecule has 0 bridgehead atoms. The Morgan fingerprint density at radius 1 is 1.17 bits per heavy atom. The Labute approximate surface area is 180 Å². The van der Waals surface area contributed by atoms with Crippen LogP contribution in [0.4, 0.5) is 5.69 Å². The van der Waals surface area contributed by atoms with Crippen molar-refractivity contribution in [1.82, 2.24) is 9.80 Å². The smallest absolute Gasteiger partial charge is 0.256 e. The Kier molecular flexibility index (Phi) is 8.26. The van der Waals surface area contributed by atoms with Gasteiger partial charge in [-0.25, -0.2) is 0 Å². The minimum absolute atomic E-state index is 0.0280. The van der Waals surface area contributed by atoms with Crippen LogP contribution < -0.4 is 10.6 Å². The number of nitrogens with zero attached hydrogens (tertiary/aromatic N) is 3. The molecule has 168 valence electrons. The number of benzene rings is 1. The summed E-state index contributed by atoms with van der Waals surface area (Å²) >= 11 is 0. The molecule has 0 saturated carbocycles. The molecule has 30 heavy (non-hydrogen) atoms. The topological polar surface area (TPSA) is 90.1 Å². The molecule has 1 heterocycles. The number of hydrogen-bond donors (Lipinski definition) is 2. The van der Waals surface area contributed by atoms with Gasteiger partial charge < -0.3 is 20.6 Å². The van der Waals surface area contributed by atoms with Gasteiger partial charge in [-0.2, -0.15) is 0 Å². The molecule has 1 aromatic rings. The molecular weight excluding hydrogens is 380 g/mol. The first-order valence-corrected chi connectivity index (χ1v) is 10.9. The van der Waals surface area contributed by atoms with Crippen LogP contribution >= 0.6 is 0 Å². The molecule has 1 aromatic carbocycles. The lowest BCUT2D eigenvalue weighted by atomic mass is 9.99. The van der Waals surface area contributed by atoms with Crippen LogP contribution in [0.2, 0.25) is 0 Å². The van der Waals surface area contributed by atoms with Gasteiger partial charge in [0.1, 0.15) is 6.04 Å². The second-order valence-corrected chi connectivity index (χ2v) is 9.23. The third-order valence-electron chi connectivity index (χ3n) is 5.45. The van der Waals surface area contributed by atoms with Crippen LogP contribution in [0.1, 0.15) is 51.4 Å². The molecule has 7 heteroatoms. The van der Waals surface area contributed by atoms with Gasteiger partial charge >= 0.3 is 0 Å². The minimum atomic E-state index is -0.749. The largest absolute Gasteiger partial charge is 0.389 e. The summed E-state index contributed by atoms with van der Waals surface area (Å²) in [5.74, 6) is -0.0870. The molecule has 2 amide bonds. The highest BCUT2D eigenvalue weighted by molar-refractivity contribution is 6.00. The summed E-state index contributed by atoms with van der Waals surface area (Å²) in [7, 11) is 0. The van der Waals surface area contributed by atoms with Gasteiger partial charge in [-0.15, -0.1) is 0 Å². The van der Waals surface area contributed by atoms with E-state index in [2.05, 4.69) is 18.7 Å². The molecule has 0 aromatic heterocycles. The fourth-order valence-electron chi connectivity index (χ4n) is 4.13. The van der Waals surface area contributed by atoms with E-state index in [0.29, 0.717) is 44.1 Å². The van der Waals surface area contributed by atoms with E-state index in [4.69, 9.17) is 5.73 Å². The number of carbonyl (C=O) groups is 2. The molecule has 1 fully saturated rings. The van der Waals surface area contributed by atoms with Crippen molar-refractivity contribution in [1.29, 1.82) is 0 Å². The number of amides is 2. The molecule has 1 atom stereocenters. The van der Waals surface area contributed by atoms with E-state index in [-0.39, 0.29) is 11.8 Å². The third-order valence-corrected chi connectivity index (χ3v) is 5.45. The van der Waals surface area contributed by atoms with E-state index in [1.807, 2.05) is 41.0 Å². The van der Waals surface area contributed by atoms with Gasteiger partial charge in [0.15, 0.2) is 0 Å². The minimum Gasteiger partial charge on any atom is -0.389 e. The maximum absolute atomic E-state index is 13.4. The molecule has 1 saturated heterocycles. The van der Waals surface area contributed by atoms with Gasteiger partial charge in [0.05, 0.1) is 16.9 Å². The first-order valence-electron chi connectivity index (χ1n) is 10.9. The molecule has 0 spiro atoms. The number of primary amides is 1. The zero-order chi connectivity index (χ0) is 22.5. The van der Waals surface area contributed by atoms with Crippen LogP contribution in [0.15, 0.2) is 24.3 Å². The van der Waals surface area contributed by atoms with E-state index in [1.54, 1.807) is 13.8 Å². The number of carbonyl (C=O) groups excluding carboxylic acids is 2. The highest BCUT2D eigenvalue weighted by atomic mass is 16.3. The molecule has 0 aliphatic carbocycles. The van der Waals surface area contributed by atoms with Gasteiger partial charge in [0.2, 0.25) is 5.91 Å². The van der Waals surface area contributed by atoms with Crippen molar-refractivity contribution in [3.8, 4) is 0 Å². The van der Waals surface area contributed by atoms with Crippen LogP contribution in [0.5, 0.6) is 0 Å². The predicted octanol–water partition coefficient (Wildman–Crippen LogP) is 1.94. The second-order valence-electron chi connectivity index (χ2n) is 9.23. The number of hydrogen-bond acceptors (Lipinski definition) is 5. The lowest BCUT2D eigenvalue weighted by molar-refractivity contribution is -0.119. The molecular formula is C23H38N4O3. The van der Waals surface area contributed by atoms with Crippen molar-refractivity contribution in [2.45, 2.75) is 52.7 Å². The summed E-state index contributed by atoms with van der Waals surface area (Å²) < 4.78 is 0. The maximum atomic E-state index is 13.4. The summed E-state index contributed by atoms with van der Waals surface area (Å²) in [6, 6.07) is 7.03. The van der Waals surface area contributed by atoms with Crippen LogP contribution in [-0.4, -0.2) is 77.6 Å². The van der Waals surface area contributed by atoms with E-state index < -0.39 is 11.6 Å². The monoisotopic (exact) mass is 418 g/mol. The van der Waals surface area contributed by atoms with Crippen molar-refractivity contribution < 1.29 is 14.7 Å². The molecule has 3 N–H and O–H groups in total. The third kappa shape index (κ3) is 6.44. The predicted molar refractivity (Wildman–Crippen MR) is 121 cm³/mol. The van der Waals surface area contributed by atoms with Crippen LogP contribution in [0.3, 0.4) is 0 Å². The molecule has 2 rings (SSSR count). The van der Waals surface area contributed by atoms with Gasteiger partial charge in [0.25, 0.3) is 5.91 Å². The Bertz CT molecular complexity index is 721. The molecule has 0 unspecified atom stereocenters. The summed E-state index contributed by atoms with van der Waals surface area (Å²) in [6.45, 7) is 13.6. The summed E-state index contributed by atoms with van der Waals surface area (Å²) in [5, 5.41) is 10.0. The standard InChI is InChI=1S/C23H38N4O3/c1-6-27(20(21(24)28)15-17(2)3)19-10-8-7-9-18(19)22(29)26-13-11-25(12-14-26)16-23(4,5)30/h7-10,17,20,30H,6,11-16H2,1-5H3,(H2,24,28)/t20-/m0/s1. The summed E-state index contributed by atoms with van der Waals surface area (Å²) in [6.07, 6.45) is 0.640. The fourth-order valence-corrected chi connectivity index (χ4v) is 4.13. The quantitative estimate of drug-likeness (QED) is 0.640. The van der Waals surface area contributed by atoms with E-state index >= 15 is 0 Å². The normalized spacial score (nSPS) is 16.6. The number of anilines is 1. The van der Waals surface area contributed by atoms with E-state index in [1.165, 1.54) is 0 Å². The lowest BCUT2D eigenvalue weighted by Crippen LogP contribution is -2.52. The number of likely N-dealkylation sites (N-methyl/N-ethyl adjacent to an activating group) is 1. The number of β-amino-alcohol motifs (C(OH)–C–C–N with tert-alkyl or cyclic N) is 1. The van der Waals surface area contributed by atoms with E-state index in [0.717, 1.165) is 18.8 Å². The number of para-hydroxylation sites is 1.